The molecule has 0 bridgehead atoms. The summed E-state index contributed by atoms with van der Waals surface area (Å²) in [5, 5.41) is 28.4. The van der Waals surface area contributed by atoms with Crippen LogP contribution in [-0.4, -0.2) is 32.9 Å². The third kappa shape index (κ3) is 4.06. The van der Waals surface area contributed by atoms with Crippen molar-refractivity contribution in [1.29, 1.82) is 5.26 Å². The lowest BCUT2D eigenvalue weighted by atomic mass is 9.77. The summed E-state index contributed by atoms with van der Waals surface area (Å²) in [6.45, 7) is 0. The number of anilines is 2. The van der Waals surface area contributed by atoms with E-state index < -0.39 is 17.5 Å². The minimum absolute atomic E-state index is 0.155. The van der Waals surface area contributed by atoms with Gasteiger partial charge in [0.15, 0.2) is 5.82 Å². The average molecular weight is 382 g/mol. The largest absolute Gasteiger partial charge is 0.465 e. The molecule has 2 aromatic rings. The van der Waals surface area contributed by atoms with E-state index in [2.05, 4.69) is 21.8 Å². The Morgan fingerprint density at radius 1 is 1.32 bits per heavy atom. The van der Waals surface area contributed by atoms with Crippen LogP contribution in [0.5, 0.6) is 0 Å². The summed E-state index contributed by atoms with van der Waals surface area (Å²) >= 11 is 0. The summed E-state index contributed by atoms with van der Waals surface area (Å²) in [5.41, 5.74) is 5.93. The molecule has 9 heteroatoms. The monoisotopic (exact) mass is 382 g/mol. The minimum Gasteiger partial charge on any atom is -0.465 e. The summed E-state index contributed by atoms with van der Waals surface area (Å²) < 4.78 is 1.65. The van der Waals surface area contributed by atoms with Crippen molar-refractivity contribution in [3.63, 3.8) is 0 Å². The Kier molecular flexibility index (Phi) is 5.49. The molecular formula is C19H22N6O3. The molecule has 28 heavy (non-hydrogen) atoms. The number of nitrogens with zero attached hydrogens (tertiary/aromatic N) is 3. The number of primary amides is 1. The molecule has 1 aliphatic rings. The van der Waals surface area contributed by atoms with Crippen LogP contribution in [0.1, 0.15) is 42.5 Å². The van der Waals surface area contributed by atoms with Crippen LogP contribution in [0.4, 0.5) is 16.3 Å². The summed E-state index contributed by atoms with van der Waals surface area (Å²) in [6, 6.07) is 11.3. The number of aromatic nitrogens is 2. The standard InChI is InChI=1S/C19H22N6O3/c20-11-10-19(8-6-14(7-9-19)23-18(27)28)25-12-15(16(21)26)17(24-25)22-13-4-2-1-3-5-13/h1-5,12,14,23H,6-10H2,(H2,21,26)(H,22,24)(H,27,28). The first-order chi connectivity index (χ1) is 13.4. The molecule has 0 aliphatic heterocycles. The van der Waals surface area contributed by atoms with Gasteiger partial charge in [-0.1, -0.05) is 18.2 Å². The number of para-hydroxylation sites is 1. The molecule has 1 heterocycles. The van der Waals surface area contributed by atoms with E-state index in [0.29, 0.717) is 31.5 Å². The lowest BCUT2D eigenvalue weighted by molar-refractivity contribution is 0.0999. The van der Waals surface area contributed by atoms with Crippen molar-refractivity contribution in [1.82, 2.24) is 15.1 Å². The van der Waals surface area contributed by atoms with Gasteiger partial charge in [0.25, 0.3) is 5.91 Å². The molecule has 1 saturated carbocycles. The normalized spacial score (nSPS) is 21.5. The zero-order valence-corrected chi connectivity index (χ0v) is 15.3. The van der Waals surface area contributed by atoms with Crippen LogP contribution in [0, 0.1) is 11.3 Å². The van der Waals surface area contributed by atoms with Gasteiger partial charge in [-0.05, 0) is 37.8 Å². The summed E-state index contributed by atoms with van der Waals surface area (Å²) in [6.07, 6.45) is 3.03. The van der Waals surface area contributed by atoms with Gasteiger partial charge in [0.2, 0.25) is 0 Å². The SMILES string of the molecule is N#CCC1(n2cc(C(N)=O)c(Nc3ccccc3)n2)CCC(NC(=O)O)CC1. The van der Waals surface area contributed by atoms with E-state index >= 15 is 0 Å². The number of carbonyl (C=O) groups is 2. The van der Waals surface area contributed by atoms with Gasteiger partial charge in [-0.2, -0.15) is 10.4 Å². The molecule has 0 saturated heterocycles. The van der Waals surface area contributed by atoms with Crippen molar-refractivity contribution in [2.24, 2.45) is 5.73 Å². The van der Waals surface area contributed by atoms with Crippen LogP contribution < -0.4 is 16.4 Å². The Hall–Kier alpha value is -3.54. The summed E-state index contributed by atoms with van der Waals surface area (Å²) in [7, 11) is 0. The van der Waals surface area contributed by atoms with Crippen molar-refractivity contribution >= 4 is 23.5 Å². The number of hydrogen-bond acceptors (Lipinski definition) is 5. The summed E-state index contributed by atoms with van der Waals surface area (Å²) in [5.74, 6) is -0.278. The molecule has 0 unspecified atom stereocenters. The fraction of sp³-hybridized carbons (Fsp3) is 0.368. The number of carbonyl (C=O) groups excluding carboxylic acids is 1. The Morgan fingerprint density at radius 3 is 2.57 bits per heavy atom. The zero-order valence-electron chi connectivity index (χ0n) is 15.3. The van der Waals surface area contributed by atoms with Crippen molar-refractivity contribution in [2.75, 3.05) is 5.32 Å². The van der Waals surface area contributed by atoms with E-state index in [4.69, 9.17) is 10.8 Å². The van der Waals surface area contributed by atoms with Gasteiger partial charge >= 0.3 is 6.09 Å². The number of amides is 2. The van der Waals surface area contributed by atoms with E-state index in [1.54, 1.807) is 10.9 Å². The maximum Gasteiger partial charge on any atom is 0.404 e. The molecule has 3 rings (SSSR count). The van der Waals surface area contributed by atoms with Gasteiger partial charge in [0.1, 0.15) is 5.56 Å². The molecule has 1 fully saturated rings. The van der Waals surface area contributed by atoms with E-state index in [1.807, 2.05) is 30.3 Å². The lowest BCUT2D eigenvalue weighted by Gasteiger charge is -2.38. The molecule has 5 N–H and O–H groups in total. The van der Waals surface area contributed by atoms with E-state index in [0.717, 1.165) is 5.69 Å². The van der Waals surface area contributed by atoms with Crippen LogP contribution in [0.15, 0.2) is 36.5 Å². The smallest absolute Gasteiger partial charge is 0.404 e. The predicted molar refractivity (Wildman–Crippen MR) is 102 cm³/mol. The van der Waals surface area contributed by atoms with Gasteiger partial charge < -0.3 is 21.5 Å². The number of benzene rings is 1. The van der Waals surface area contributed by atoms with Gasteiger partial charge in [-0.25, -0.2) is 4.79 Å². The summed E-state index contributed by atoms with van der Waals surface area (Å²) in [4.78, 5) is 22.8. The van der Waals surface area contributed by atoms with Crippen LogP contribution in [0.3, 0.4) is 0 Å². The zero-order chi connectivity index (χ0) is 20.1. The molecule has 2 amide bonds. The first kappa shape index (κ1) is 19.2. The van der Waals surface area contributed by atoms with Crippen LogP contribution >= 0.6 is 0 Å². The highest BCUT2D eigenvalue weighted by atomic mass is 16.4. The Bertz CT molecular complexity index is 894. The van der Waals surface area contributed by atoms with E-state index in [1.165, 1.54) is 0 Å². The van der Waals surface area contributed by atoms with Crippen LogP contribution in [0.2, 0.25) is 0 Å². The molecule has 1 aromatic carbocycles. The van der Waals surface area contributed by atoms with Gasteiger partial charge in [-0.3, -0.25) is 9.48 Å². The third-order valence-corrected chi connectivity index (χ3v) is 5.15. The molecule has 146 valence electrons. The van der Waals surface area contributed by atoms with E-state index in [9.17, 15) is 14.9 Å². The molecule has 1 aromatic heterocycles. The fourth-order valence-corrected chi connectivity index (χ4v) is 3.66. The highest BCUT2D eigenvalue weighted by Crippen LogP contribution is 2.38. The third-order valence-electron chi connectivity index (χ3n) is 5.15. The number of carboxylic acid groups (broad SMARTS) is 1. The predicted octanol–water partition coefficient (Wildman–Crippen LogP) is 2.54. The highest BCUT2D eigenvalue weighted by Gasteiger charge is 2.39. The van der Waals surface area contributed by atoms with E-state index in [-0.39, 0.29) is 18.0 Å². The maximum atomic E-state index is 11.9. The molecular weight excluding hydrogens is 360 g/mol. The second-order valence-corrected chi connectivity index (χ2v) is 6.97. The molecule has 0 spiro atoms. The van der Waals surface area contributed by atoms with Crippen molar-refractivity contribution in [3.8, 4) is 6.07 Å². The highest BCUT2D eigenvalue weighted by molar-refractivity contribution is 5.98. The Balaban J connectivity index is 1.89. The molecule has 1 aliphatic carbocycles. The molecule has 0 radical (unpaired) electrons. The van der Waals surface area contributed by atoms with Crippen molar-refractivity contribution < 1.29 is 14.7 Å². The van der Waals surface area contributed by atoms with Gasteiger partial charge in [-0.15, -0.1) is 0 Å². The lowest BCUT2D eigenvalue weighted by Crippen LogP contribution is -2.44. The first-order valence-electron chi connectivity index (χ1n) is 9.02. The Morgan fingerprint density at radius 2 is 2.00 bits per heavy atom. The number of nitrogens with one attached hydrogen (secondary N) is 2. The van der Waals surface area contributed by atoms with Crippen LogP contribution in [-0.2, 0) is 5.54 Å². The second kappa shape index (κ2) is 8.00. The van der Waals surface area contributed by atoms with Crippen molar-refractivity contribution in [3.05, 3.63) is 42.1 Å². The first-order valence-corrected chi connectivity index (χ1v) is 9.02. The van der Waals surface area contributed by atoms with Crippen molar-refractivity contribution in [2.45, 2.75) is 43.7 Å². The Labute approximate surface area is 162 Å². The molecule has 9 nitrogen and oxygen atoms in total. The fourth-order valence-electron chi connectivity index (χ4n) is 3.66. The number of rotatable bonds is 6. The molecule has 0 atom stereocenters. The minimum atomic E-state index is -1.05. The number of nitrogens with two attached hydrogens (primary N) is 1. The van der Waals surface area contributed by atoms with Crippen LogP contribution in [0.25, 0.3) is 0 Å². The maximum absolute atomic E-state index is 11.9. The van der Waals surface area contributed by atoms with Gasteiger partial charge in [0, 0.05) is 17.9 Å². The van der Waals surface area contributed by atoms with Gasteiger partial charge in [0.05, 0.1) is 18.0 Å². The average Bonchev–Trinajstić information content (AvgIpc) is 3.09. The quantitative estimate of drug-likeness (QED) is 0.604. The number of nitriles is 1. The second-order valence-electron chi connectivity index (χ2n) is 6.97. The number of hydrogen-bond donors (Lipinski definition) is 4. The topological polar surface area (TPSA) is 146 Å².